The highest BCUT2D eigenvalue weighted by atomic mass is 16.5. The Kier molecular flexibility index (Phi) is 3.81. The molecule has 0 N–H and O–H groups in total. The van der Waals surface area contributed by atoms with Crippen LogP contribution in [-0.2, 0) is 0 Å². The topological polar surface area (TPSA) is 45.4 Å². The second kappa shape index (κ2) is 5.96. The Morgan fingerprint density at radius 1 is 1.17 bits per heavy atom. The van der Waals surface area contributed by atoms with Crippen molar-refractivity contribution in [3.8, 4) is 0 Å². The molecule has 2 aromatic rings. The minimum atomic E-state index is 0.203. The highest BCUT2D eigenvalue weighted by Gasteiger charge is 2.31. The Morgan fingerprint density at radius 2 is 1.96 bits per heavy atom. The first-order valence-corrected chi connectivity index (χ1v) is 8.60. The molecule has 0 bridgehead atoms. The number of nitrogens with zero attached hydrogens (tertiary/aromatic N) is 4. The van der Waals surface area contributed by atoms with Crippen molar-refractivity contribution >= 4 is 5.69 Å². The molecule has 1 aliphatic heterocycles. The largest absolute Gasteiger partial charge is 0.369 e. The summed E-state index contributed by atoms with van der Waals surface area (Å²) in [6.45, 7) is 8.45. The zero-order valence-electron chi connectivity index (χ0n) is 13.9. The van der Waals surface area contributed by atoms with E-state index >= 15 is 0 Å². The van der Waals surface area contributed by atoms with Crippen LogP contribution >= 0.6 is 0 Å². The molecular formula is C18H24N4O. The quantitative estimate of drug-likeness (QED) is 0.868. The first kappa shape index (κ1) is 14.7. The van der Waals surface area contributed by atoms with Crippen LogP contribution in [0.4, 0.5) is 5.69 Å². The third-order valence-electron chi connectivity index (χ3n) is 4.99. The number of hydrogen-bond donors (Lipinski definition) is 0. The molecule has 0 radical (unpaired) electrons. The van der Waals surface area contributed by atoms with Gasteiger partial charge in [0, 0.05) is 37.8 Å². The number of hydrogen-bond acceptors (Lipinski definition) is 5. The van der Waals surface area contributed by atoms with Gasteiger partial charge in [-0.15, -0.1) is 0 Å². The summed E-state index contributed by atoms with van der Waals surface area (Å²) in [5, 5.41) is 4.14. The Morgan fingerprint density at radius 3 is 2.65 bits per heavy atom. The summed E-state index contributed by atoms with van der Waals surface area (Å²) in [5.74, 6) is 2.24. The molecular weight excluding hydrogens is 288 g/mol. The van der Waals surface area contributed by atoms with Crippen molar-refractivity contribution < 1.29 is 4.52 Å². The number of piperazine rings is 1. The predicted octanol–water partition coefficient (Wildman–Crippen LogP) is 3.14. The number of benzene rings is 1. The second-order valence-electron chi connectivity index (χ2n) is 6.80. The van der Waals surface area contributed by atoms with Gasteiger partial charge >= 0.3 is 0 Å². The third-order valence-corrected chi connectivity index (χ3v) is 4.99. The van der Waals surface area contributed by atoms with Crippen LogP contribution in [-0.4, -0.2) is 41.2 Å². The third kappa shape index (κ3) is 3.11. The van der Waals surface area contributed by atoms with E-state index in [2.05, 4.69) is 58.1 Å². The minimum absolute atomic E-state index is 0.203. The Bertz CT molecular complexity index is 671. The SMILES string of the molecule is Cc1cccc(N2CCN([C@H](C)c3nc(C4CC4)no3)CC2)c1. The lowest BCUT2D eigenvalue weighted by Crippen LogP contribution is -2.47. The number of anilines is 1. The van der Waals surface area contributed by atoms with Crippen LogP contribution in [0.15, 0.2) is 28.8 Å². The van der Waals surface area contributed by atoms with E-state index in [0.29, 0.717) is 5.92 Å². The van der Waals surface area contributed by atoms with E-state index in [9.17, 15) is 0 Å². The summed E-state index contributed by atoms with van der Waals surface area (Å²) >= 11 is 0. The standard InChI is InChI=1S/C18H24N4O/c1-13-4-3-5-16(12-13)22-10-8-21(9-11-22)14(2)18-19-17(20-23-18)15-6-7-15/h3-5,12,14-15H,6-11H2,1-2H3/t14-/m1/s1. The fourth-order valence-electron chi connectivity index (χ4n) is 3.27. The Balaban J connectivity index is 1.38. The Hall–Kier alpha value is -1.88. The van der Waals surface area contributed by atoms with E-state index in [1.807, 2.05) is 0 Å². The molecule has 0 spiro atoms. The molecule has 2 fully saturated rings. The van der Waals surface area contributed by atoms with Crippen LogP contribution in [0.25, 0.3) is 0 Å². The molecule has 1 aromatic carbocycles. The van der Waals surface area contributed by atoms with Gasteiger partial charge in [0.25, 0.3) is 0 Å². The molecule has 5 heteroatoms. The van der Waals surface area contributed by atoms with Crippen molar-refractivity contribution in [1.29, 1.82) is 0 Å². The summed E-state index contributed by atoms with van der Waals surface area (Å²) < 4.78 is 5.49. The van der Waals surface area contributed by atoms with E-state index < -0.39 is 0 Å². The molecule has 4 rings (SSSR count). The lowest BCUT2D eigenvalue weighted by Gasteiger charge is -2.38. The van der Waals surface area contributed by atoms with E-state index in [1.165, 1.54) is 24.1 Å². The van der Waals surface area contributed by atoms with Gasteiger partial charge in [0.05, 0.1) is 6.04 Å². The van der Waals surface area contributed by atoms with Crippen LogP contribution in [0.2, 0.25) is 0 Å². The summed E-state index contributed by atoms with van der Waals surface area (Å²) in [5.41, 5.74) is 2.64. The van der Waals surface area contributed by atoms with Gasteiger partial charge in [-0.2, -0.15) is 4.98 Å². The smallest absolute Gasteiger partial charge is 0.243 e. The van der Waals surface area contributed by atoms with Gasteiger partial charge in [-0.25, -0.2) is 0 Å². The van der Waals surface area contributed by atoms with Crippen molar-refractivity contribution in [2.24, 2.45) is 0 Å². The van der Waals surface area contributed by atoms with E-state index in [-0.39, 0.29) is 6.04 Å². The second-order valence-corrected chi connectivity index (χ2v) is 6.80. The molecule has 1 saturated carbocycles. The van der Waals surface area contributed by atoms with E-state index in [1.54, 1.807) is 0 Å². The molecule has 0 amide bonds. The van der Waals surface area contributed by atoms with Gasteiger partial charge < -0.3 is 9.42 Å². The van der Waals surface area contributed by atoms with Gasteiger partial charge in [-0.1, -0.05) is 17.3 Å². The zero-order chi connectivity index (χ0) is 15.8. The lowest BCUT2D eigenvalue weighted by atomic mass is 10.1. The van der Waals surface area contributed by atoms with Gasteiger partial charge in [-0.3, -0.25) is 4.90 Å². The molecule has 1 saturated heterocycles. The normalized spacial score (nSPS) is 20.7. The molecule has 122 valence electrons. The van der Waals surface area contributed by atoms with Crippen molar-refractivity contribution in [3.63, 3.8) is 0 Å². The van der Waals surface area contributed by atoms with Crippen molar-refractivity contribution in [3.05, 3.63) is 41.5 Å². The maximum Gasteiger partial charge on any atom is 0.243 e. The van der Waals surface area contributed by atoms with Gasteiger partial charge in [0.2, 0.25) is 5.89 Å². The fraction of sp³-hybridized carbons (Fsp3) is 0.556. The highest BCUT2D eigenvalue weighted by molar-refractivity contribution is 5.48. The van der Waals surface area contributed by atoms with Crippen molar-refractivity contribution in [2.45, 2.75) is 38.6 Å². The predicted molar refractivity (Wildman–Crippen MR) is 89.7 cm³/mol. The van der Waals surface area contributed by atoms with Crippen LogP contribution in [0.3, 0.4) is 0 Å². The summed E-state index contributed by atoms with van der Waals surface area (Å²) in [6, 6.07) is 8.95. The van der Waals surface area contributed by atoms with Gasteiger partial charge in [-0.05, 0) is 44.4 Å². The first-order valence-electron chi connectivity index (χ1n) is 8.60. The van der Waals surface area contributed by atoms with Crippen molar-refractivity contribution in [2.75, 3.05) is 31.1 Å². The minimum Gasteiger partial charge on any atom is -0.369 e. The van der Waals surface area contributed by atoms with Gasteiger partial charge in [0.15, 0.2) is 5.82 Å². The van der Waals surface area contributed by atoms with Gasteiger partial charge in [0.1, 0.15) is 0 Å². The molecule has 5 nitrogen and oxygen atoms in total. The average molecular weight is 312 g/mol. The molecule has 0 unspecified atom stereocenters. The first-order chi connectivity index (χ1) is 11.2. The molecule has 1 atom stereocenters. The Labute approximate surface area is 137 Å². The summed E-state index contributed by atoms with van der Waals surface area (Å²) in [4.78, 5) is 9.50. The molecule has 2 aliphatic rings. The molecule has 1 aliphatic carbocycles. The number of rotatable bonds is 4. The number of aryl methyl sites for hydroxylation is 1. The zero-order valence-corrected chi connectivity index (χ0v) is 13.9. The van der Waals surface area contributed by atoms with E-state index in [0.717, 1.165) is 37.9 Å². The molecule has 23 heavy (non-hydrogen) atoms. The monoisotopic (exact) mass is 312 g/mol. The van der Waals surface area contributed by atoms with Crippen LogP contribution in [0.1, 0.15) is 49.0 Å². The lowest BCUT2D eigenvalue weighted by molar-refractivity contribution is 0.164. The molecule has 1 aromatic heterocycles. The van der Waals surface area contributed by atoms with Crippen LogP contribution in [0.5, 0.6) is 0 Å². The fourth-order valence-corrected chi connectivity index (χ4v) is 3.27. The molecule has 2 heterocycles. The maximum absolute atomic E-state index is 5.49. The summed E-state index contributed by atoms with van der Waals surface area (Å²) in [6.07, 6.45) is 2.42. The number of aromatic nitrogens is 2. The van der Waals surface area contributed by atoms with Crippen LogP contribution < -0.4 is 4.90 Å². The van der Waals surface area contributed by atoms with E-state index in [4.69, 9.17) is 4.52 Å². The highest BCUT2D eigenvalue weighted by Crippen LogP contribution is 2.38. The average Bonchev–Trinajstić information content (AvgIpc) is 3.32. The maximum atomic E-state index is 5.49. The summed E-state index contributed by atoms with van der Waals surface area (Å²) in [7, 11) is 0. The van der Waals surface area contributed by atoms with Crippen molar-refractivity contribution in [1.82, 2.24) is 15.0 Å². The van der Waals surface area contributed by atoms with Crippen LogP contribution in [0, 0.1) is 6.92 Å².